The van der Waals surface area contributed by atoms with Crippen molar-refractivity contribution in [3.05, 3.63) is 24.3 Å². The second kappa shape index (κ2) is 7.72. The van der Waals surface area contributed by atoms with Crippen LogP contribution in [0.3, 0.4) is 0 Å². The number of hydrogen-bond donors (Lipinski definition) is 1. The molecule has 0 radical (unpaired) electrons. The lowest BCUT2D eigenvalue weighted by atomic mass is 9.98. The van der Waals surface area contributed by atoms with E-state index < -0.39 is 10.0 Å². The number of rotatable bonds is 4. The first kappa shape index (κ1) is 18.2. The Hall–Kier alpha value is -1.64. The number of hydrogen-bond acceptors (Lipinski definition) is 5. The van der Waals surface area contributed by atoms with Crippen molar-refractivity contribution in [1.29, 1.82) is 0 Å². The summed E-state index contributed by atoms with van der Waals surface area (Å²) in [5.74, 6) is -0.428. The Labute approximate surface area is 149 Å². The molecule has 7 nitrogen and oxygen atoms in total. The predicted octanol–water partition coefficient (Wildman–Crippen LogP) is 1.13. The van der Waals surface area contributed by atoms with Crippen molar-refractivity contribution in [2.75, 3.05) is 55.9 Å². The maximum Gasteiger partial charge on any atom is 0.228 e. The zero-order valence-corrected chi connectivity index (χ0v) is 15.3. The van der Waals surface area contributed by atoms with Crippen molar-refractivity contribution < 1.29 is 17.9 Å². The number of nitrogens with zero attached hydrogens (tertiary/aromatic N) is 2. The van der Waals surface area contributed by atoms with E-state index in [1.54, 1.807) is 0 Å². The molecule has 1 unspecified atom stereocenters. The number of amides is 1. The molecule has 3 rings (SSSR count). The van der Waals surface area contributed by atoms with Gasteiger partial charge in [-0.2, -0.15) is 0 Å². The normalized spacial score (nSPS) is 22.6. The van der Waals surface area contributed by atoms with Gasteiger partial charge in [-0.3, -0.25) is 4.79 Å². The van der Waals surface area contributed by atoms with Crippen LogP contribution in [0, 0.1) is 5.92 Å². The summed E-state index contributed by atoms with van der Waals surface area (Å²) in [6, 6.07) is 7.76. The van der Waals surface area contributed by atoms with Gasteiger partial charge in [-0.05, 0) is 31.0 Å². The van der Waals surface area contributed by atoms with Gasteiger partial charge in [-0.25, -0.2) is 12.7 Å². The molecule has 2 fully saturated rings. The predicted molar refractivity (Wildman–Crippen MR) is 97.2 cm³/mol. The quantitative estimate of drug-likeness (QED) is 0.863. The van der Waals surface area contributed by atoms with Crippen LogP contribution in [0.1, 0.15) is 12.8 Å². The largest absolute Gasteiger partial charge is 0.378 e. The Morgan fingerprint density at radius 3 is 2.72 bits per heavy atom. The van der Waals surface area contributed by atoms with Gasteiger partial charge in [-0.1, -0.05) is 6.07 Å². The second-order valence-corrected chi connectivity index (χ2v) is 8.58. The fourth-order valence-corrected chi connectivity index (χ4v) is 4.22. The average Bonchev–Trinajstić information content (AvgIpc) is 2.62. The lowest BCUT2D eigenvalue weighted by molar-refractivity contribution is -0.120. The van der Waals surface area contributed by atoms with Gasteiger partial charge in [0.05, 0.1) is 25.4 Å². The molecule has 0 aromatic heterocycles. The zero-order valence-electron chi connectivity index (χ0n) is 14.5. The highest BCUT2D eigenvalue weighted by Gasteiger charge is 2.30. The van der Waals surface area contributed by atoms with Crippen LogP contribution < -0.4 is 10.2 Å². The molecule has 0 saturated carbocycles. The Kier molecular flexibility index (Phi) is 5.61. The summed E-state index contributed by atoms with van der Waals surface area (Å²) in [7, 11) is -3.25. The van der Waals surface area contributed by atoms with Crippen LogP contribution >= 0.6 is 0 Å². The molecule has 2 heterocycles. The minimum Gasteiger partial charge on any atom is -0.378 e. The maximum absolute atomic E-state index is 12.6. The Bertz CT molecular complexity index is 716. The third-order valence-electron chi connectivity index (χ3n) is 4.71. The summed E-state index contributed by atoms with van der Waals surface area (Å²) in [4.78, 5) is 14.8. The van der Waals surface area contributed by atoms with Crippen LogP contribution in [-0.4, -0.2) is 64.3 Å². The van der Waals surface area contributed by atoms with Gasteiger partial charge in [0.2, 0.25) is 15.9 Å². The SMILES string of the molecule is CS(=O)(=O)N1CCCC(C(=O)Nc2cccc(N3CCOCC3)c2)C1. The molecule has 2 aliphatic rings. The number of nitrogens with one attached hydrogen (secondary N) is 1. The Morgan fingerprint density at radius 1 is 1.24 bits per heavy atom. The van der Waals surface area contributed by atoms with E-state index in [9.17, 15) is 13.2 Å². The summed E-state index contributed by atoms with van der Waals surface area (Å²) in [5, 5.41) is 2.94. The number of benzene rings is 1. The fraction of sp³-hybridized carbons (Fsp3) is 0.588. The highest BCUT2D eigenvalue weighted by Crippen LogP contribution is 2.23. The first-order valence-electron chi connectivity index (χ1n) is 8.62. The number of carbonyl (C=O) groups excluding carboxylic acids is 1. The molecule has 1 atom stereocenters. The highest BCUT2D eigenvalue weighted by atomic mass is 32.2. The standard InChI is InChI=1S/C17H25N3O4S/c1-25(22,23)20-7-3-4-14(13-20)17(21)18-15-5-2-6-16(12-15)19-8-10-24-11-9-19/h2,5-6,12,14H,3-4,7-11,13H2,1H3,(H,18,21). The van der Waals surface area contributed by atoms with E-state index in [2.05, 4.69) is 10.2 Å². The number of ether oxygens (including phenoxy) is 1. The van der Waals surface area contributed by atoms with Gasteiger partial charge in [0, 0.05) is 37.6 Å². The van der Waals surface area contributed by atoms with Crippen molar-refractivity contribution in [3.63, 3.8) is 0 Å². The van der Waals surface area contributed by atoms with Crippen molar-refractivity contribution in [1.82, 2.24) is 4.31 Å². The molecule has 1 amide bonds. The minimum absolute atomic E-state index is 0.118. The third-order valence-corrected chi connectivity index (χ3v) is 5.98. The number of anilines is 2. The lowest BCUT2D eigenvalue weighted by Gasteiger charge is -2.30. The van der Waals surface area contributed by atoms with Gasteiger partial charge in [0.1, 0.15) is 0 Å². The topological polar surface area (TPSA) is 79.0 Å². The summed E-state index contributed by atoms with van der Waals surface area (Å²) in [5.41, 5.74) is 1.80. The number of morpholine rings is 1. The number of sulfonamides is 1. The van der Waals surface area contributed by atoms with Crippen LogP contribution in [0.5, 0.6) is 0 Å². The molecule has 1 aromatic carbocycles. The summed E-state index contributed by atoms with van der Waals surface area (Å²) >= 11 is 0. The molecule has 2 saturated heterocycles. The highest BCUT2D eigenvalue weighted by molar-refractivity contribution is 7.88. The van der Waals surface area contributed by atoms with E-state index in [0.29, 0.717) is 32.6 Å². The van der Waals surface area contributed by atoms with Crippen molar-refractivity contribution >= 4 is 27.3 Å². The van der Waals surface area contributed by atoms with Gasteiger partial charge in [0.25, 0.3) is 0 Å². The van der Waals surface area contributed by atoms with E-state index in [1.165, 1.54) is 10.6 Å². The smallest absolute Gasteiger partial charge is 0.228 e. The number of piperidine rings is 1. The van der Waals surface area contributed by atoms with Gasteiger partial charge < -0.3 is 15.0 Å². The second-order valence-electron chi connectivity index (χ2n) is 6.60. The monoisotopic (exact) mass is 367 g/mol. The Balaban J connectivity index is 1.64. The van der Waals surface area contributed by atoms with Gasteiger partial charge in [-0.15, -0.1) is 0 Å². The minimum atomic E-state index is -3.25. The fourth-order valence-electron chi connectivity index (χ4n) is 3.30. The summed E-state index contributed by atoms with van der Waals surface area (Å²) in [6.45, 7) is 3.84. The van der Waals surface area contributed by atoms with E-state index >= 15 is 0 Å². The van der Waals surface area contributed by atoms with E-state index in [-0.39, 0.29) is 18.4 Å². The molecule has 1 N–H and O–H groups in total. The lowest BCUT2D eigenvalue weighted by Crippen LogP contribution is -2.43. The van der Waals surface area contributed by atoms with Gasteiger partial charge >= 0.3 is 0 Å². The van der Waals surface area contributed by atoms with Gasteiger partial charge in [0.15, 0.2) is 0 Å². The van der Waals surface area contributed by atoms with Crippen molar-refractivity contribution in [2.24, 2.45) is 5.92 Å². The first-order valence-corrected chi connectivity index (χ1v) is 10.5. The molecule has 138 valence electrons. The summed E-state index contributed by atoms with van der Waals surface area (Å²) in [6.07, 6.45) is 2.61. The van der Waals surface area contributed by atoms with Crippen LogP contribution in [0.15, 0.2) is 24.3 Å². The van der Waals surface area contributed by atoms with Crippen molar-refractivity contribution in [2.45, 2.75) is 12.8 Å². The number of carbonyl (C=O) groups is 1. The molecular formula is C17H25N3O4S. The van der Waals surface area contributed by atoms with E-state index in [0.717, 1.165) is 24.5 Å². The molecule has 8 heteroatoms. The van der Waals surface area contributed by atoms with Crippen molar-refractivity contribution in [3.8, 4) is 0 Å². The maximum atomic E-state index is 12.6. The van der Waals surface area contributed by atoms with E-state index in [4.69, 9.17) is 4.74 Å². The van der Waals surface area contributed by atoms with E-state index in [1.807, 2.05) is 24.3 Å². The molecule has 0 aliphatic carbocycles. The molecular weight excluding hydrogens is 342 g/mol. The Morgan fingerprint density at radius 2 is 2.00 bits per heavy atom. The van der Waals surface area contributed by atoms with Crippen LogP contribution in [-0.2, 0) is 19.6 Å². The van der Waals surface area contributed by atoms with Crippen LogP contribution in [0.25, 0.3) is 0 Å². The average molecular weight is 367 g/mol. The molecule has 1 aromatic rings. The molecule has 0 spiro atoms. The molecule has 25 heavy (non-hydrogen) atoms. The van der Waals surface area contributed by atoms with Crippen LogP contribution in [0.2, 0.25) is 0 Å². The molecule has 0 bridgehead atoms. The zero-order chi connectivity index (χ0) is 17.9. The summed E-state index contributed by atoms with van der Waals surface area (Å²) < 4.78 is 30.2. The first-order chi connectivity index (χ1) is 11.9. The molecule has 2 aliphatic heterocycles. The third kappa shape index (κ3) is 4.71. The van der Waals surface area contributed by atoms with Crippen LogP contribution in [0.4, 0.5) is 11.4 Å².